The monoisotopic (exact) mass is 281 g/mol. The number of allylic oxidation sites excluding steroid dienone is 1. The minimum Gasteiger partial charge on any atom is -0.264 e. The van der Waals surface area contributed by atoms with E-state index in [2.05, 4.69) is 9.98 Å². The zero-order valence-corrected chi connectivity index (χ0v) is 10.2. The standard InChI is InChI=1S/C12H6F3N3S/c13-12(14,15)9-4-10(7-2-1-3-17-6-7)18-11(19)8(9)5-16/h1-4,6,8H. The van der Waals surface area contributed by atoms with E-state index >= 15 is 0 Å². The fourth-order valence-corrected chi connectivity index (χ4v) is 1.89. The summed E-state index contributed by atoms with van der Waals surface area (Å²) in [6.45, 7) is 0. The SMILES string of the molecule is N#CC1C(=S)N=C(c2cccnc2)C=C1C(F)(F)F. The third kappa shape index (κ3) is 2.69. The normalized spacial score (nSPS) is 19.5. The summed E-state index contributed by atoms with van der Waals surface area (Å²) >= 11 is 4.78. The Bertz CT molecular complexity index is 611. The Balaban J connectivity index is 2.52. The van der Waals surface area contributed by atoms with Crippen LogP contribution in [0.5, 0.6) is 0 Å². The predicted molar refractivity (Wildman–Crippen MR) is 66.6 cm³/mol. The molecule has 3 nitrogen and oxygen atoms in total. The van der Waals surface area contributed by atoms with Gasteiger partial charge in [-0.25, -0.2) is 4.99 Å². The number of hydrogen-bond acceptors (Lipinski definition) is 3. The number of aliphatic imine (C=N–C) groups is 1. The largest absolute Gasteiger partial charge is 0.414 e. The summed E-state index contributed by atoms with van der Waals surface area (Å²) in [4.78, 5) is 7.41. The molecule has 7 heteroatoms. The number of alkyl halides is 3. The minimum atomic E-state index is -4.62. The molecule has 1 aliphatic heterocycles. The van der Waals surface area contributed by atoms with Crippen molar-refractivity contribution < 1.29 is 13.2 Å². The van der Waals surface area contributed by atoms with E-state index in [0.29, 0.717) is 5.56 Å². The van der Waals surface area contributed by atoms with Gasteiger partial charge in [0.1, 0.15) is 10.9 Å². The lowest BCUT2D eigenvalue weighted by Crippen LogP contribution is -2.28. The summed E-state index contributed by atoms with van der Waals surface area (Å²) in [6.07, 6.45) is -0.884. The van der Waals surface area contributed by atoms with Gasteiger partial charge in [0.25, 0.3) is 0 Å². The van der Waals surface area contributed by atoms with E-state index in [1.54, 1.807) is 12.1 Å². The molecule has 1 aromatic rings. The van der Waals surface area contributed by atoms with Crippen molar-refractivity contribution in [3.63, 3.8) is 0 Å². The molecule has 0 aromatic carbocycles. The highest BCUT2D eigenvalue weighted by Gasteiger charge is 2.42. The Kier molecular flexibility index (Phi) is 3.44. The Hall–Kier alpha value is -2.07. The number of rotatable bonds is 1. The Morgan fingerprint density at radius 3 is 2.63 bits per heavy atom. The molecule has 1 aliphatic rings. The molecule has 0 spiro atoms. The maximum absolute atomic E-state index is 12.9. The number of nitrogens with zero attached hydrogens (tertiary/aromatic N) is 3. The number of thiocarbonyl (C=S) groups is 1. The van der Waals surface area contributed by atoms with Crippen LogP contribution in [-0.2, 0) is 0 Å². The van der Waals surface area contributed by atoms with Crippen LogP contribution in [0, 0.1) is 17.2 Å². The second kappa shape index (κ2) is 4.90. The summed E-state index contributed by atoms with van der Waals surface area (Å²) < 4.78 is 38.7. The van der Waals surface area contributed by atoms with E-state index in [1.165, 1.54) is 18.5 Å². The first-order valence-electron chi connectivity index (χ1n) is 5.15. The number of aromatic nitrogens is 1. The zero-order chi connectivity index (χ0) is 14.0. The zero-order valence-electron chi connectivity index (χ0n) is 9.35. The molecule has 2 rings (SSSR count). The molecule has 1 unspecified atom stereocenters. The maximum atomic E-state index is 12.9. The fourth-order valence-electron chi connectivity index (χ4n) is 1.61. The van der Waals surface area contributed by atoms with Gasteiger partial charge >= 0.3 is 6.18 Å². The molecule has 0 bridgehead atoms. The Morgan fingerprint density at radius 1 is 1.37 bits per heavy atom. The second-order valence-corrected chi connectivity index (χ2v) is 4.15. The highest BCUT2D eigenvalue weighted by Crippen LogP contribution is 2.35. The van der Waals surface area contributed by atoms with Crippen LogP contribution in [-0.4, -0.2) is 21.9 Å². The topological polar surface area (TPSA) is 49.0 Å². The van der Waals surface area contributed by atoms with Crippen LogP contribution in [0.4, 0.5) is 13.2 Å². The molecule has 1 atom stereocenters. The Morgan fingerprint density at radius 2 is 2.11 bits per heavy atom. The van der Waals surface area contributed by atoms with E-state index in [1.807, 2.05) is 0 Å². The summed E-state index contributed by atoms with van der Waals surface area (Å²) in [5, 5.41) is 8.79. The van der Waals surface area contributed by atoms with E-state index < -0.39 is 17.7 Å². The lowest BCUT2D eigenvalue weighted by molar-refractivity contribution is -0.0947. The number of halogens is 3. The first-order valence-corrected chi connectivity index (χ1v) is 5.55. The van der Waals surface area contributed by atoms with E-state index in [4.69, 9.17) is 17.5 Å². The number of hydrogen-bond donors (Lipinski definition) is 0. The Labute approximate surface area is 112 Å². The third-order valence-corrected chi connectivity index (χ3v) is 2.82. The maximum Gasteiger partial charge on any atom is 0.414 e. The highest BCUT2D eigenvalue weighted by molar-refractivity contribution is 7.80. The van der Waals surface area contributed by atoms with Crippen molar-refractivity contribution in [2.75, 3.05) is 0 Å². The van der Waals surface area contributed by atoms with Gasteiger partial charge in [-0.3, -0.25) is 4.98 Å². The van der Waals surface area contributed by atoms with Crippen LogP contribution >= 0.6 is 12.2 Å². The van der Waals surface area contributed by atoms with Gasteiger partial charge < -0.3 is 0 Å². The molecular formula is C12H6F3N3S. The van der Waals surface area contributed by atoms with Crippen LogP contribution < -0.4 is 0 Å². The molecule has 19 heavy (non-hydrogen) atoms. The first-order chi connectivity index (χ1) is 8.93. The van der Waals surface area contributed by atoms with Gasteiger partial charge in [-0.15, -0.1) is 0 Å². The molecule has 0 radical (unpaired) electrons. The molecule has 1 aromatic heterocycles. The number of nitriles is 1. The molecule has 0 fully saturated rings. The molecule has 0 N–H and O–H groups in total. The van der Waals surface area contributed by atoms with Crippen molar-refractivity contribution in [2.45, 2.75) is 6.18 Å². The van der Waals surface area contributed by atoms with Crippen molar-refractivity contribution in [3.8, 4) is 6.07 Å². The summed E-state index contributed by atoms with van der Waals surface area (Å²) in [5.74, 6) is -1.53. The fraction of sp³-hybridized carbons (Fsp3) is 0.167. The van der Waals surface area contributed by atoms with Crippen molar-refractivity contribution in [1.82, 2.24) is 4.98 Å². The van der Waals surface area contributed by atoms with Crippen LogP contribution in [0.15, 0.2) is 41.2 Å². The lowest BCUT2D eigenvalue weighted by atomic mass is 9.94. The predicted octanol–water partition coefficient (Wildman–Crippen LogP) is 2.84. The molecule has 0 saturated heterocycles. The van der Waals surface area contributed by atoms with E-state index in [9.17, 15) is 13.2 Å². The first kappa shape index (κ1) is 13.4. The number of dihydropyridines is 1. The highest BCUT2D eigenvalue weighted by atomic mass is 32.1. The van der Waals surface area contributed by atoms with E-state index in [0.717, 1.165) is 6.08 Å². The molecule has 0 saturated carbocycles. The van der Waals surface area contributed by atoms with Gasteiger partial charge in [0.05, 0.1) is 17.4 Å². The molecular weight excluding hydrogens is 275 g/mol. The molecule has 0 amide bonds. The van der Waals surface area contributed by atoms with Crippen LogP contribution in [0.1, 0.15) is 5.56 Å². The molecule has 0 aliphatic carbocycles. The van der Waals surface area contributed by atoms with Crippen molar-refractivity contribution >= 4 is 22.9 Å². The summed E-state index contributed by atoms with van der Waals surface area (Å²) in [6, 6.07) is 4.69. The van der Waals surface area contributed by atoms with Crippen LogP contribution in [0.3, 0.4) is 0 Å². The molecule has 96 valence electrons. The van der Waals surface area contributed by atoms with Crippen molar-refractivity contribution in [3.05, 3.63) is 41.7 Å². The average Bonchev–Trinajstić information content (AvgIpc) is 2.37. The minimum absolute atomic E-state index is 0.0666. The van der Waals surface area contributed by atoms with Gasteiger partial charge in [0, 0.05) is 18.0 Å². The van der Waals surface area contributed by atoms with Gasteiger partial charge in [-0.05, 0) is 18.2 Å². The lowest BCUT2D eigenvalue weighted by Gasteiger charge is -2.20. The van der Waals surface area contributed by atoms with Crippen LogP contribution in [0.2, 0.25) is 0 Å². The number of pyridine rings is 1. The summed E-state index contributed by atoms with van der Waals surface area (Å²) in [5.41, 5.74) is -0.506. The van der Waals surface area contributed by atoms with Gasteiger partial charge in [0.2, 0.25) is 0 Å². The van der Waals surface area contributed by atoms with Crippen LogP contribution in [0.25, 0.3) is 0 Å². The van der Waals surface area contributed by atoms with Crippen molar-refractivity contribution in [1.29, 1.82) is 5.26 Å². The van der Waals surface area contributed by atoms with E-state index in [-0.39, 0.29) is 10.7 Å². The quantitative estimate of drug-likeness (QED) is 0.744. The van der Waals surface area contributed by atoms with Gasteiger partial charge in [-0.1, -0.05) is 12.2 Å². The molecule has 2 heterocycles. The van der Waals surface area contributed by atoms with Gasteiger partial charge in [-0.2, -0.15) is 18.4 Å². The third-order valence-electron chi connectivity index (χ3n) is 2.49. The van der Waals surface area contributed by atoms with Gasteiger partial charge in [0.15, 0.2) is 0 Å². The summed E-state index contributed by atoms with van der Waals surface area (Å²) in [7, 11) is 0. The second-order valence-electron chi connectivity index (χ2n) is 3.74. The average molecular weight is 281 g/mol. The smallest absolute Gasteiger partial charge is 0.264 e. The van der Waals surface area contributed by atoms with Crippen molar-refractivity contribution in [2.24, 2.45) is 10.9 Å².